The van der Waals surface area contributed by atoms with E-state index in [0.29, 0.717) is 12.8 Å². The van der Waals surface area contributed by atoms with Crippen LogP contribution in [0.1, 0.15) is 25.7 Å². The monoisotopic (exact) mass is 250 g/mol. The SMILES string of the molecule is CN(CC(F)F)C(=O)C1(C(N)=S)CCCC1. The van der Waals surface area contributed by atoms with E-state index in [1.165, 1.54) is 7.05 Å². The molecule has 1 aliphatic rings. The van der Waals surface area contributed by atoms with Crippen LogP contribution in [0.25, 0.3) is 0 Å². The number of nitrogens with two attached hydrogens (primary N) is 1. The van der Waals surface area contributed by atoms with Crippen molar-refractivity contribution in [1.82, 2.24) is 4.90 Å². The normalized spacial score (nSPS) is 18.8. The molecule has 1 amide bonds. The molecule has 1 fully saturated rings. The average Bonchev–Trinajstić information content (AvgIpc) is 2.65. The number of carbonyl (C=O) groups is 1. The Morgan fingerprint density at radius 1 is 1.50 bits per heavy atom. The van der Waals surface area contributed by atoms with Gasteiger partial charge in [-0.15, -0.1) is 0 Å². The van der Waals surface area contributed by atoms with Crippen molar-refractivity contribution in [3.8, 4) is 0 Å². The molecule has 0 radical (unpaired) electrons. The van der Waals surface area contributed by atoms with Crippen LogP contribution in [0, 0.1) is 5.41 Å². The van der Waals surface area contributed by atoms with Crippen molar-refractivity contribution in [3.05, 3.63) is 0 Å². The van der Waals surface area contributed by atoms with Crippen LogP contribution in [0.3, 0.4) is 0 Å². The molecule has 92 valence electrons. The zero-order chi connectivity index (χ0) is 12.3. The van der Waals surface area contributed by atoms with Crippen molar-refractivity contribution in [1.29, 1.82) is 0 Å². The van der Waals surface area contributed by atoms with E-state index in [0.717, 1.165) is 17.7 Å². The van der Waals surface area contributed by atoms with Gasteiger partial charge in [-0.1, -0.05) is 25.1 Å². The number of nitrogens with zero attached hydrogens (tertiary/aromatic N) is 1. The van der Waals surface area contributed by atoms with Gasteiger partial charge in [0.1, 0.15) is 0 Å². The second-order valence-electron chi connectivity index (χ2n) is 4.23. The maximum Gasteiger partial charge on any atom is 0.255 e. The molecule has 0 heterocycles. The highest BCUT2D eigenvalue weighted by Crippen LogP contribution is 2.40. The van der Waals surface area contributed by atoms with Crippen molar-refractivity contribution < 1.29 is 13.6 Å². The first kappa shape index (κ1) is 13.3. The van der Waals surface area contributed by atoms with E-state index >= 15 is 0 Å². The smallest absolute Gasteiger partial charge is 0.255 e. The first-order valence-electron chi connectivity index (χ1n) is 5.24. The Labute approximate surface area is 99.0 Å². The van der Waals surface area contributed by atoms with Gasteiger partial charge in [0.2, 0.25) is 5.91 Å². The topological polar surface area (TPSA) is 46.3 Å². The standard InChI is InChI=1S/C10H16F2N2OS/c1-14(6-7(11)12)9(15)10(8(13)16)4-2-3-5-10/h7H,2-6H2,1H3,(H2,13,16). The molecule has 0 atom stereocenters. The first-order valence-corrected chi connectivity index (χ1v) is 5.64. The summed E-state index contributed by atoms with van der Waals surface area (Å²) in [6, 6.07) is 0. The van der Waals surface area contributed by atoms with Crippen molar-refractivity contribution in [3.63, 3.8) is 0 Å². The number of amides is 1. The molecule has 0 aliphatic heterocycles. The fourth-order valence-corrected chi connectivity index (χ4v) is 2.49. The molecule has 2 N–H and O–H groups in total. The molecule has 0 aromatic heterocycles. The van der Waals surface area contributed by atoms with E-state index in [-0.39, 0.29) is 10.9 Å². The van der Waals surface area contributed by atoms with Crippen LogP contribution in [0.2, 0.25) is 0 Å². The number of hydrogen-bond donors (Lipinski definition) is 1. The van der Waals surface area contributed by atoms with E-state index in [2.05, 4.69) is 0 Å². The van der Waals surface area contributed by atoms with E-state index < -0.39 is 18.4 Å². The fraction of sp³-hybridized carbons (Fsp3) is 0.800. The summed E-state index contributed by atoms with van der Waals surface area (Å²) in [5.74, 6) is -0.363. The molecule has 1 rings (SSSR count). The molecular weight excluding hydrogens is 234 g/mol. The molecule has 1 aliphatic carbocycles. The Balaban J connectivity index is 2.80. The molecule has 16 heavy (non-hydrogen) atoms. The number of halogens is 2. The van der Waals surface area contributed by atoms with Gasteiger partial charge in [0, 0.05) is 7.05 Å². The van der Waals surface area contributed by atoms with Crippen molar-refractivity contribution >= 4 is 23.1 Å². The van der Waals surface area contributed by atoms with Gasteiger partial charge in [-0.2, -0.15) is 0 Å². The van der Waals surface area contributed by atoms with Crippen LogP contribution >= 0.6 is 12.2 Å². The third-order valence-corrected chi connectivity index (χ3v) is 3.49. The van der Waals surface area contributed by atoms with Crippen LogP contribution in [0.4, 0.5) is 8.78 Å². The number of hydrogen-bond acceptors (Lipinski definition) is 2. The van der Waals surface area contributed by atoms with Crippen LogP contribution in [0.5, 0.6) is 0 Å². The summed E-state index contributed by atoms with van der Waals surface area (Å²) in [5, 5.41) is 0. The first-order chi connectivity index (χ1) is 7.40. The molecule has 0 aromatic rings. The van der Waals surface area contributed by atoms with E-state index in [1.54, 1.807) is 0 Å². The van der Waals surface area contributed by atoms with Gasteiger partial charge < -0.3 is 10.6 Å². The summed E-state index contributed by atoms with van der Waals surface area (Å²) in [4.78, 5) is 13.2. The fourth-order valence-electron chi connectivity index (χ4n) is 2.20. The molecule has 0 bridgehead atoms. The summed E-state index contributed by atoms with van der Waals surface area (Å²) in [6.07, 6.45) is 0.361. The van der Waals surface area contributed by atoms with Crippen LogP contribution in [-0.2, 0) is 4.79 Å². The van der Waals surface area contributed by atoms with E-state index in [4.69, 9.17) is 18.0 Å². The van der Waals surface area contributed by atoms with Crippen molar-refractivity contribution in [2.24, 2.45) is 11.1 Å². The number of thiocarbonyl (C=S) groups is 1. The molecule has 0 saturated heterocycles. The maximum absolute atomic E-state index is 12.2. The second kappa shape index (κ2) is 5.03. The highest BCUT2D eigenvalue weighted by Gasteiger charge is 2.45. The van der Waals surface area contributed by atoms with Crippen LogP contribution < -0.4 is 5.73 Å². The quantitative estimate of drug-likeness (QED) is 0.770. The van der Waals surface area contributed by atoms with Gasteiger partial charge in [-0.3, -0.25) is 4.79 Å². The second-order valence-corrected chi connectivity index (χ2v) is 4.67. The Kier molecular flexibility index (Phi) is 4.18. The lowest BCUT2D eigenvalue weighted by Crippen LogP contribution is -2.48. The Hall–Kier alpha value is -0.780. The van der Waals surface area contributed by atoms with Gasteiger partial charge in [0.25, 0.3) is 6.43 Å². The van der Waals surface area contributed by atoms with E-state index in [9.17, 15) is 13.6 Å². The third-order valence-electron chi connectivity index (χ3n) is 3.10. The van der Waals surface area contributed by atoms with Gasteiger partial charge in [-0.25, -0.2) is 8.78 Å². The molecule has 0 aromatic carbocycles. The number of rotatable bonds is 4. The van der Waals surface area contributed by atoms with Crippen molar-refractivity contribution in [2.45, 2.75) is 32.1 Å². The zero-order valence-electron chi connectivity index (χ0n) is 9.21. The molecule has 0 unspecified atom stereocenters. The Morgan fingerprint density at radius 2 is 2.00 bits per heavy atom. The minimum atomic E-state index is -2.53. The highest BCUT2D eigenvalue weighted by molar-refractivity contribution is 7.80. The Morgan fingerprint density at radius 3 is 2.38 bits per heavy atom. The summed E-state index contributed by atoms with van der Waals surface area (Å²) >= 11 is 4.92. The van der Waals surface area contributed by atoms with Gasteiger partial charge >= 0.3 is 0 Å². The van der Waals surface area contributed by atoms with E-state index in [1.807, 2.05) is 0 Å². The van der Waals surface area contributed by atoms with Gasteiger partial charge in [0.05, 0.1) is 16.9 Å². The van der Waals surface area contributed by atoms with Gasteiger partial charge in [-0.05, 0) is 12.8 Å². The molecule has 1 saturated carbocycles. The minimum absolute atomic E-state index is 0.135. The van der Waals surface area contributed by atoms with Crippen molar-refractivity contribution in [2.75, 3.05) is 13.6 Å². The number of carbonyl (C=O) groups excluding carboxylic acids is 1. The lowest BCUT2D eigenvalue weighted by atomic mass is 9.84. The molecule has 6 heteroatoms. The average molecular weight is 250 g/mol. The highest BCUT2D eigenvalue weighted by atomic mass is 32.1. The third kappa shape index (κ3) is 2.48. The predicted molar refractivity (Wildman–Crippen MR) is 61.3 cm³/mol. The minimum Gasteiger partial charge on any atom is -0.392 e. The number of alkyl halides is 2. The van der Waals surface area contributed by atoms with Crippen LogP contribution in [0.15, 0.2) is 0 Å². The summed E-state index contributed by atoms with van der Waals surface area (Å²) in [6.45, 7) is -0.566. The largest absolute Gasteiger partial charge is 0.392 e. The summed E-state index contributed by atoms with van der Waals surface area (Å²) in [5.41, 5.74) is 4.72. The lowest BCUT2D eigenvalue weighted by molar-refractivity contribution is -0.138. The maximum atomic E-state index is 12.2. The molecular formula is C10H16F2N2OS. The summed E-state index contributed by atoms with van der Waals surface area (Å²) in [7, 11) is 1.37. The molecule has 3 nitrogen and oxygen atoms in total. The van der Waals surface area contributed by atoms with Crippen LogP contribution in [-0.4, -0.2) is 35.8 Å². The predicted octanol–water partition coefficient (Wildman–Crippen LogP) is 1.56. The summed E-state index contributed by atoms with van der Waals surface area (Å²) < 4.78 is 24.4. The van der Waals surface area contributed by atoms with Gasteiger partial charge in [0.15, 0.2) is 0 Å². The zero-order valence-corrected chi connectivity index (χ0v) is 10.0. The lowest BCUT2D eigenvalue weighted by Gasteiger charge is -2.31. The Bertz CT molecular complexity index is 291. The molecule has 0 spiro atoms.